The van der Waals surface area contributed by atoms with E-state index in [4.69, 9.17) is 0 Å². The number of benzene rings is 2. The van der Waals surface area contributed by atoms with E-state index in [1.807, 2.05) is 23.5 Å². The van der Waals surface area contributed by atoms with Crippen LogP contribution in [0.5, 0.6) is 0 Å². The number of thiophene rings is 1. The lowest BCUT2D eigenvalue weighted by atomic mass is 10.2. The van der Waals surface area contributed by atoms with Crippen molar-refractivity contribution in [1.82, 2.24) is 5.32 Å². The normalized spacial score (nSPS) is 12.7. The molecule has 0 saturated carbocycles. The highest BCUT2D eigenvalue weighted by atomic mass is 32.1. The Kier molecular flexibility index (Phi) is 3.81. The van der Waals surface area contributed by atoms with E-state index in [-0.39, 0.29) is 11.9 Å². The van der Waals surface area contributed by atoms with E-state index < -0.39 is 0 Å². The molecule has 0 amide bonds. The summed E-state index contributed by atoms with van der Waals surface area (Å²) in [7, 11) is 0. The van der Waals surface area contributed by atoms with Gasteiger partial charge in [-0.3, -0.25) is 0 Å². The summed E-state index contributed by atoms with van der Waals surface area (Å²) >= 11 is 1.82. The van der Waals surface area contributed by atoms with Gasteiger partial charge in [0, 0.05) is 22.2 Å². The predicted molar refractivity (Wildman–Crippen MR) is 83.5 cm³/mol. The van der Waals surface area contributed by atoms with Crippen molar-refractivity contribution in [3.8, 4) is 0 Å². The van der Waals surface area contributed by atoms with Crippen LogP contribution in [0.15, 0.2) is 54.6 Å². The van der Waals surface area contributed by atoms with Crippen molar-refractivity contribution in [2.75, 3.05) is 0 Å². The van der Waals surface area contributed by atoms with E-state index in [9.17, 15) is 4.39 Å². The molecular weight excluding hydrogens is 269 g/mol. The molecule has 3 aromatic rings. The summed E-state index contributed by atoms with van der Waals surface area (Å²) in [5, 5.41) is 4.78. The van der Waals surface area contributed by atoms with Crippen molar-refractivity contribution < 1.29 is 4.39 Å². The highest BCUT2D eigenvalue weighted by Gasteiger charge is 2.09. The monoisotopic (exact) mass is 285 g/mol. The summed E-state index contributed by atoms with van der Waals surface area (Å²) in [5.74, 6) is -0.189. The van der Waals surface area contributed by atoms with Crippen LogP contribution in [0.1, 0.15) is 23.4 Å². The fraction of sp³-hybridized carbons (Fsp3) is 0.176. The third kappa shape index (κ3) is 2.89. The van der Waals surface area contributed by atoms with Crippen molar-refractivity contribution in [3.05, 3.63) is 70.9 Å². The van der Waals surface area contributed by atoms with E-state index in [2.05, 4.69) is 42.6 Å². The zero-order valence-corrected chi connectivity index (χ0v) is 12.1. The Hall–Kier alpha value is -1.71. The van der Waals surface area contributed by atoms with Gasteiger partial charge in [-0.25, -0.2) is 4.39 Å². The summed E-state index contributed by atoms with van der Waals surface area (Å²) in [5.41, 5.74) is 1.10. The minimum absolute atomic E-state index is 0.189. The number of hydrogen-bond acceptors (Lipinski definition) is 2. The van der Waals surface area contributed by atoms with Crippen LogP contribution in [0.2, 0.25) is 0 Å². The van der Waals surface area contributed by atoms with Crippen molar-refractivity contribution in [3.63, 3.8) is 0 Å². The average Bonchev–Trinajstić information content (AvgIpc) is 2.90. The molecule has 1 nitrogen and oxygen atoms in total. The Bertz CT molecular complexity index is 669. The number of rotatable bonds is 4. The molecule has 3 heteroatoms. The lowest BCUT2D eigenvalue weighted by molar-refractivity contribution is 0.581. The topological polar surface area (TPSA) is 12.0 Å². The number of hydrogen-bond donors (Lipinski definition) is 1. The molecule has 0 aliphatic heterocycles. The quantitative estimate of drug-likeness (QED) is 0.719. The van der Waals surface area contributed by atoms with Gasteiger partial charge in [-0.05, 0) is 42.1 Å². The third-order valence-electron chi connectivity index (χ3n) is 3.40. The van der Waals surface area contributed by atoms with Crippen LogP contribution in [0.25, 0.3) is 10.1 Å². The molecule has 3 rings (SSSR count). The van der Waals surface area contributed by atoms with E-state index in [0.29, 0.717) is 0 Å². The average molecular weight is 285 g/mol. The molecule has 0 radical (unpaired) electrons. The van der Waals surface area contributed by atoms with Gasteiger partial charge in [-0.2, -0.15) is 0 Å². The highest BCUT2D eigenvalue weighted by molar-refractivity contribution is 7.19. The van der Waals surface area contributed by atoms with Gasteiger partial charge < -0.3 is 5.32 Å². The second-order valence-electron chi connectivity index (χ2n) is 4.92. The smallest absolute Gasteiger partial charge is 0.123 e. The molecule has 0 fully saturated rings. The van der Waals surface area contributed by atoms with Crippen LogP contribution in [-0.2, 0) is 6.54 Å². The Morgan fingerprint density at radius 2 is 1.85 bits per heavy atom. The fourth-order valence-corrected chi connectivity index (χ4v) is 3.28. The second kappa shape index (κ2) is 5.73. The van der Waals surface area contributed by atoms with Gasteiger partial charge >= 0.3 is 0 Å². The summed E-state index contributed by atoms with van der Waals surface area (Å²) in [6.45, 7) is 2.91. The predicted octanol–water partition coefficient (Wildman–Crippen LogP) is 4.89. The van der Waals surface area contributed by atoms with E-state index in [1.54, 1.807) is 0 Å². The van der Waals surface area contributed by atoms with Crippen molar-refractivity contribution in [2.45, 2.75) is 19.5 Å². The Balaban J connectivity index is 1.69. The molecule has 1 aromatic heterocycles. The largest absolute Gasteiger partial charge is 0.305 e. The molecule has 1 heterocycles. The molecule has 2 aromatic carbocycles. The Labute approximate surface area is 122 Å². The van der Waals surface area contributed by atoms with Gasteiger partial charge in [0.05, 0.1) is 0 Å². The number of fused-ring (bicyclic) bond motifs is 1. The third-order valence-corrected chi connectivity index (χ3v) is 4.70. The molecule has 0 bridgehead atoms. The molecule has 20 heavy (non-hydrogen) atoms. The van der Waals surface area contributed by atoms with Gasteiger partial charge in [0.2, 0.25) is 0 Å². The Morgan fingerprint density at radius 3 is 2.60 bits per heavy atom. The minimum atomic E-state index is -0.189. The molecule has 0 aliphatic carbocycles. The lowest BCUT2D eigenvalue weighted by Gasteiger charge is -2.11. The first kappa shape index (κ1) is 13.3. The van der Waals surface area contributed by atoms with E-state index in [0.717, 1.165) is 12.1 Å². The van der Waals surface area contributed by atoms with E-state index >= 15 is 0 Å². The highest BCUT2D eigenvalue weighted by Crippen LogP contribution is 2.29. The first-order valence-electron chi connectivity index (χ1n) is 6.69. The lowest BCUT2D eigenvalue weighted by Crippen LogP contribution is -2.17. The summed E-state index contributed by atoms with van der Waals surface area (Å²) < 4.78 is 14.2. The molecule has 0 spiro atoms. The molecule has 1 unspecified atom stereocenters. The molecule has 0 saturated heterocycles. The fourth-order valence-electron chi connectivity index (χ4n) is 2.19. The summed E-state index contributed by atoms with van der Waals surface area (Å²) in [6.07, 6.45) is 0. The van der Waals surface area contributed by atoms with Crippen molar-refractivity contribution in [2.24, 2.45) is 0 Å². The molecule has 1 atom stereocenters. The minimum Gasteiger partial charge on any atom is -0.305 e. The first-order chi connectivity index (χ1) is 9.72. The summed E-state index contributed by atoms with van der Waals surface area (Å²) in [4.78, 5) is 1.33. The van der Waals surface area contributed by atoms with Gasteiger partial charge in [-0.1, -0.05) is 30.3 Å². The van der Waals surface area contributed by atoms with Gasteiger partial charge in [0.15, 0.2) is 0 Å². The van der Waals surface area contributed by atoms with Crippen LogP contribution < -0.4 is 5.32 Å². The van der Waals surface area contributed by atoms with Crippen LogP contribution in [-0.4, -0.2) is 0 Å². The van der Waals surface area contributed by atoms with Crippen LogP contribution in [0, 0.1) is 5.82 Å². The maximum atomic E-state index is 12.8. The van der Waals surface area contributed by atoms with Gasteiger partial charge in [0.25, 0.3) is 0 Å². The van der Waals surface area contributed by atoms with Crippen LogP contribution in [0.4, 0.5) is 4.39 Å². The SMILES string of the molecule is CC(NCc1ccc(F)cc1)c1cc2ccccc2s1. The standard InChI is InChI=1S/C17H16FNS/c1-12(19-11-13-6-8-15(18)9-7-13)17-10-14-4-2-3-5-16(14)20-17/h2-10,12,19H,11H2,1H3. The second-order valence-corrected chi connectivity index (χ2v) is 6.03. The number of nitrogens with one attached hydrogen (secondary N) is 1. The molecule has 0 aliphatic rings. The Morgan fingerprint density at radius 1 is 1.10 bits per heavy atom. The molecular formula is C17H16FNS. The molecule has 102 valence electrons. The van der Waals surface area contributed by atoms with Crippen LogP contribution in [0.3, 0.4) is 0 Å². The zero-order chi connectivity index (χ0) is 13.9. The van der Waals surface area contributed by atoms with Gasteiger partial charge in [0.1, 0.15) is 5.82 Å². The number of halogens is 1. The summed E-state index contributed by atoms with van der Waals surface area (Å²) in [6, 6.07) is 17.6. The van der Waals surface area contributed by atoms with Gasteiger partial charge in [-0.15, -0.1) is 11.3 Å². The first-order valence-corrected chi connectivity index (χ1v) is 7.50. The van der Waals surface area contributed by atoms with Crippen molar-refractivity contribution >= 4 is 21.4 Å². The maximum Gasteiger partial charge on any atom is 0.123 e. The van der Waals surface area contributed by atoms with Crippen molar-refractivity contribution in [1.29, 1.82) is 0 Å². The molecule has 1 N–H and O–H groups in total. The maximum absolute atomic E-state index is 12.8. The zero-order valence-electron chi connectivity index (χ0n) is 11.3. The van der Waals surface area contributed by atoms with E-state index in [1.165, 1.54) is 27.1 Å². The van der Waals surface area contributed by atoms with Crippen LogP contribution >= 0.6 is 11.3 Å².